The Labute approximate surface area is 231 Å². The predicted octanol–water partition coefficient (Wildman–Crippen LogP) is 3.04. The van der Waals surface area contributed by atoms with Crippen LogP contribution in [0.4, 0.5) is 0 Å². The molecule has 2 atom stereocenters. The molecule has 39 heavy (non-hydrogen) atoms. The van der Waals surface area contributed by atoms with Gasteiger partial charge in [-0.2, -0.15) is 0 Å². The summed E-state index contributed by atoms with van der Waals surface area (Å²) in [6.45, 7) is 2.07. The molecule has 1 N–H and O–H groups in total. The summed E-state index contributed by atoms with van der Waals surface area (Å²) >= 11 is 0. The van der Waals surface area contributed by atoms with Crippen LogP contribution in [0.2, 0.25) is 0 Å². The first-order chi connectivity index (χ1) is 19.0. The highest BCUT2D eigenvalue weighted by Crippen LogP contribution is 2.35. The lowest BCUT2D eigenvalue weighted by Crippen LogP contribution is -2.71. The third-order valence-electron chi connectivity index (χ3n) is 7.85. The normalized spacial score (nSPS) is 22.2. The van der Waals surface area contributed by atoms with Gasteiger partial charge in [0.15, 0.2) is 0 Å². The van der Waals surface area contributed by atoms with Crippen LogP contribution in [-0.4, -0.2) is 85.0 Å². The number of nitrogens with one attached hydrogen (secondary N) is 1. The van der Waals surface area contributed by atoms with Crippen LogP contribution in [0.15, 0.2) is 54.6 Å². The lowest BCUT2D eigenvalue weighted by Gasteiger charge is -2.54. The number of hydrogen-bond donors (Lipinski definition) is 1. The summed E-state index contributed by atoms with van der Waals surface area (Å²) in [5.41, 5.74) is 2.07. The maximum absolute atomic E-state index is 13.5. The summed E-state index contributed by atoms with van der Waals surface area (Å²) in [5.74, 6) is 1.26. The molecule has 2 aromatic carbocycles. The van der Waals surface area contributed by atoms with Gasteiger partial charge >= 0.3 is 0 Å². The summed E-state index contributed by atoms with van der Waals surface area (Å²) in [4.78, 5) is 41.7. The highest BCUT2D eigenvalue weighted by Gasteiger charge is 2.49. The Morgan fingerprint density at radius 1 is 1.00 bits per heavy atom. The van der Waals surface area contributed by atoms with Crippen molar-refractivity contribution in [3.05, 3.63) is 65.7 Å². The monoisotopic (exact) mass is 535 g/mol. The van der Waals surface area contributed by atoms with E-state index in [9.17, 15) is 14.4 Å². The zero-order chi connectivity index (χ0) is 27.8. The van der Waals surface area contributed by atoms with E-state index >= 15 is 0 Å². The van der Waals surface area contributed by atoms with Gasteiger partial charge in [0.25, 0.3) is 0 Å². The number of fused-ring (bicyclic) bond motifs is 1. The predicted molar refractivity (Wildman–Crippen MR) is 149 cm³/mol. The van der Waals surface area contributed by atoms with Crippen molar-refractivity contribution in [2.45, 2.75) is 50.9 Å². The van der Waals surface area contributed by atoms with Crippen LogP contribution in [0.5, 0.6) is 5.75 Å². The van der Waals surface area contributed by atoms with E-state index < -0.39 is 12.2 Å². The standard InChI is InChI=1S/C21H28N4O3.C9H13NO/c1-22-14-19(27)25-18(24(22)15-26)13-23(12-16-8-4-2-5-9-16)21(28)20(25)17-10-6-3-7-11-17;1-10-7-8-3-5-9(11-2)6-4-8/h3,6-7,10-11,15-16,18,20H,2,4-5,8-9,12-14H2,1H3;3-6,10H,7H2,1-2H3/t18?,20-;/m0./s1. The quantitative estimate of drug-likeness (QED) is 0.549. The molecular formula is C30H41N5O4. The Morgan fingerprint density at radius 2 is 1.69 bits per heavy atom. The number of likely N-dealkylation sites (N-methyl/N-ethyl adjacent to an activating group) is 1. The van der Waals surface area contributed by atoms with Crippen molar-refractivity contribution >= 4 is 18.2 Å². The third-order valence-corrected chi connectivity index (χ3v) is 7.85. The molecule has 2 heterocycles. The Bertz CT molecular complexity index is 1090. The average molecular weight is 536 g/mol. The van der Waals surface area contributed by atoms with E-state index in [4.69, 9.17) is 4.74 Å². The van der Waals surface area contributed by atoms with Gasteiger partial charge < -0.3 is 19.9 Å². The molecule has 5 rings (SSSR count). The first kappa shape index (κ1) is 28.6. The molecule has 1 aliphatic carbocycles. The number of carbonyl (C=O) groups is 3. The Kier molecular flexibility index (Phi) is 9.95. The highest BCUT2D eigenvalue weighted by molar-refractivity contribution is 5.91. The molecule has 0 radical (unpaired) electrons. The Balaban J connectivity index is 0.000000270. The second-order valence-electron chi connectivity index (χ2n) is 10.5. The fourth-order valence-corrected chi connectivity index (χ4v) is 5.83. The van der Waals surface area contributed by atoms with Gasteiger partial charge in [-0.1, -0.05) is 61.7 Å². The summed E-state index contributed by atoms with van der Waals surface area (Å²) in [6.07, 6.45) is 6.29. The topological polar surface area (TPSA) is 85.4 Å². The first-order valence-electron chi connectivity index (χ1n) is 13.8. The minimum Gasteiger partial charge on any atom is -0.497 e. The molecule has 2 saturated heterocycles. The van der Waals surface area contributed by atoms with E-state index in [0.29, 0.717) is 19.0 Å². The minimum atomic E-state index is -0.674. The van der Waals surface area contributed by atoms with Crippen LogP contribution in [0, 0.1) is 5.92 Å². The number of benzene rings is 2. The number of nitrogens with zero attached hydrogens (tertiary/aromatic N) is 4. The van der Waals surface area contributed by atoms with Gasteiger partial charge in [-0.15, -0.1) is 0 Å². The van der Waals surface area contributed by atoms with Gasteiger partial charge in [-0.05, 0) is 49.1 Å². The molecule has 3 amide bonds. The minimum absolute atomic E-state index is 0.0308. The molecule has 210 valence electrons. The van der Waals surface area contributed by atoms with Gasteiger partial charge in [0.05, 0.1) is 20.2 Å². The summed E-state index contributed by atoms with van der Waals surface area (Å²) < 4.78 is 5.03. The zero-order valence-electron chi connectivity index (χ0n) is 23.3. The maximum Gasteiger partial charge on any atom is 0.250 e. The molecule has 3 aliphatic rings. The van der Waals surface area contributed by atoms with Crippen LogP contribution in [-0.2, 0) is 20.9 Å². The van der Waals surface area contributed by atoms with E-state index in [2.05, 4.69) is 17.4 Å². The molecule has 1 unspecified atom stereocenters. The Hall–Kier alpha value is -3.43. The second kappa shape index (κ2) is 13.6. The van der Waals surface area contributed by atoms with E-state index in [1.54, 1.807) is 29.1 Å². The van der Waals surface area contributed by atoms with E-state index in [1.807, 2.05) is 54.4 Å². The molecule has 1 saturated carbocycles. The Morgan fingerprint density at radius 3 is 2.31 bits per heavy atom. The number of methoxy groups -OCH3 is 1. The van der Waals surface area contributed by atoms with E-state index in [1.165, 1.54) is 24.8 Å². The number of amides is 3. The van der Waals surface area contributed by atoms with Crippen LogP contribution in [0.25, 0.3) is 0 Å². The molecule has 9 heteroatoms. The number of rotatable bonds is 7. The van der Waals surface area contributed by atoms with Gasteiger partial charge in [0.1, 0.15) is 18.0 Å². The highest BCUT2D eigenvalue weighted by atomic mass is 16.5. The van der Waals surface area contributed by atoms with Gasteiger partial charge in [0.2, 0.25) is 18.2 Å². The number of hydrogen-bond acceptors (Lipinski definition) is 6. The SMILES string of the molecule is CN1CC(=O)N2C(CN(CC3CCCCC3)C(=O)[C@@H]2c2ccccc2)N1C=O.CNCc1ccc(OC)cc1. The molecule has 2 aromatic rings. The van der Waals surface area contributed by atoms with Crippen molar-refractivity contribution in [2.75, 3.05) is 40.8 Å². The number of carbonyl (C=O) groups excluding carboxylic acids is 3. The van der Waals surface area contributed by atoms with Crippen LogP contribution >= 0.6 is 0 Å². The molecular weight excluding hydrogens is 494 g/mol. The number of ether oxygens (including phenoxy) is 1. The fraction of sp³-hybridized carbons (Fsp3) is 0.500. The molecule has 3 fully saturated rings. The first-order valence-corrected chi connectivity index (χ1v) is 13.8. The van der Waals surface area contributed by atoms with Crippen molar-refractivity contribution in [2.24, 2.45) is 5.92 Å². The average Bonchev–Trinajstić information content (AvgIpc) is 2.96. The lowest BCUT2D eigenvalue weighted by molar-refractivity contribution is -0.197. The maximum atomic E-state index is 13.5. The number of hydrazine groups is 1. The molecule has 2 aliphatic heterocycles. The zero-order valence-corrected chi connectivity index (χ0v) is 23.3. The van der Waals surface area contributed by atoms with Crippen LogP contribution < -0.4 is 10.1 Å². The van der Waals surface area contributed by atoms with Gasteiger partial charge in [-0.3, -0.25) is 19.4 Å². The van der Waals surface area contributed by atoms with Gasteiger partial charge in [-0.25, -0.2) is 5.01 Å². The molecule has 0 bridgehead atoms. The summed E-state index contributed by atoms with van der Waals surface area (Å²) in [5, 5.41) is 6.28. The second-order valence-corrected chi connectivity index (χ2v) is 10.5. The molecule has 9 nitrogen and oxygen atoms in total. The van der Waals surface area contributed by atoms with Crippen molar-refractivity contribution in [3.8, 4) is 5.75 Å². The van der Waals surface area contributed by atoms with Crippen LogP contribution in [0.3, 0.4) is 0 Å². The van der Waals surface area contributed by atoms with Gasteiger partial charge in [0, 0.05) is 20.1 Å². The fourth-order valence-electron chi connectivity index (χ4n) is 5.83. The summed E-state index contributed by atoms with van der Waals surface area (Å²) in [6, 6.07) is 16.8. The van der Waals surface area contributed by atoms with Crippen LogP contribution in [0.1, 0.15) is 49.3 Å². The van der Waals surface area contributed by atoms with Crippen molar-refractivity contribution < 1.29 is 19.1 Å². The largest absolute Gasteiger partial charge is 0.497 e. The van der Waals surface area contributed by atoms with Crippen molar-refractivity contribution in [3.63, 3.8) is 0 Å². The molecule has 0 spiro atoms. The summed E-state index contributed by atoms with van der Waals surface area (Å²) in [7, 11) is 5.35. The van der Waals surface area contributed by atoms with E-state index in [0.717, 1.165) is 37.1 Å². The van der Waals surface area contributed by atoms with E-state index in [-0.39, 0.29) is 18.4 Å². The third kappa shape index (κ3) is 6.78. The smallest absolute Gasteiger partial charge is 0.250 e. The van der Waals surface area contributed by atoms with Crippen molar-refractivity contribution in [1.29, 1.82) is 0 Å². The molecule has 0 aromatic heterocycles. The van der Waals surface area contributed by atoms with Crippen molar-refractivity contribution in [1.82, 2.24) is 25.1 Å². The number of piperazine rings is 1. The lowest BCUT2D eigenvalue weighted by atomic mass is 9.88.